The fourth-order valence-electron chi connectivity index (χ4n) is 2.21. The number of aromatic nitrogens is 3. The summed E-state index contributed by atoms with van der Waals surface area (Å²) in [5, 5.41) is 10.6. The van der Waals surface area contributed by atoms with Gasteiger partial charge in [-0.3, -0.25) is 9.89 Å². The summed E-state index contributed by atoms with van der Waals surface area (Å²) in [4.78, 5) is 12.4. The summed E-state index contributed by atoms with van der Waals surface area (Å²) < 4.78 is 2.31. The Morgan fingerprint density at radius 1 is 1.41 bits per heavy atom. The fraction of sp³-hybridized carbons (Fsp3) is 0.400. The maximum absolute atomic E-state index is 12.4. The van der Waals surface area contributed by atoms with Crippen LogP contribution in [0.1, 0.15) is 42.5 Å². The molecule has 1 atom stereocenters. The third-order valence-corrected chi connectivity index (χ3v) is 3.96. The predicted molar refractivity (Wildman–Crippen MR) is 89.5 cm³/mol. The van der Waals surface area contributed by atoms with Gasteiger partial charge in [0, 0.05) is 17.6 Å². The Hall–Kier alpha value is -1.66. The lowest BCUT2D eigenvalue weighted by atomic mass is 10.0. The molecule has 2 rings (SSSR count). The van der Waals surface area contributed by atoms with Crippen molar-refractivity contribution in [3.63, 3.8) is 0 Å². The molecule has 2 aromatic rings. The molecule has 0 fully saturated rings. The van der Waals surface area contributed by atoms with E-state index in [0.717, 1.165) is 12.2 Å². The van der Waals surface area contributed by atoms with Crippen molar-refractivity contribution >= 4 is 29.7 Å². The number of H-pyrrole nitrogens is 1. The molecule has 1 heterocycles. The minimum atomic E-state index is -0.207. The van der Waals surface area contributed by atoms with E-state index < -0.39 is 0 Å². The van der Waals surface area contributed by atoms with Crippen LogP contribution in [0.3, 0.4) is 0 Å². The number of hydrogen-bond donors (Lipinski definition) is 2. The molecule has 0 saturated heterocycles. The molecule has 0 saturated carbocycles. The molecule has 0 aliphatic rings. The van der Waals surface area contributed by atoms with Gasteiger partial charge in [-0.25, -0.2) is 0 Å². The highest BCUT2D eigenvalue weighted by Gasteiger charge is 2.21. The van der Waals surface area contributed by atoms with E-state index in [9.17, 15) is 4.79 Å². The van der Waals surface area contributed by atoms with Gasteiger partial charge in [0.25, 0.3) is 5.91 Å². The van der Waals surface area contributed by atoms with E-state index >= 15 is 0 Å². The first-order valence-corrected chi connectivity index (χ1v) is 7.84. The normalized spacial score (nSPS) is 12.4. The standard InChI is InChI=1S/C15H19ClN4OS/c1-9(2)8-12(13-18-19-15(22)20(13)3)17-14(21)10-4-6-11(16)7-5-10/h4-7,9,12H,8H2,1-3H3,(H,17,21)(H,19,22)/t12-/m0/s1. The summed E-state index contributed by atoms with van der Waals surface area (Å²) in [5.41, 5.74) is 0.565. The largest absolute Gasteiger partial charge is 0.342 e. The highest BCUT2D eigenvalue weighted by Crippen LogP contribution is 2.20. The maximum Gasteiger partial charge on any atom is 0.251 e. The van der Waals surface area contributed by atoms with Crippen molar-refractivity contribution in [2.24, 2.45) is 13.0 Å². The SMILES string of the molecule is CC(C)C[C@H](NC(=O)c1ccc(Cl)cc1)c1n[nH]c(=S)n1C. The predicted octanol–water partition coefficient (Wildman–Crippen LogP) is 3.65. The molecule has 5 nitrogen and oxygen atoms in total. The zero-order valence-corrected chi connectivity index (χ0v) is 14.3. The fourth-order valence-corrected chi connectivity index (χ4v) is 2.48. The van der Waals surface area contributed by atoms with Crippen LogP contribution in [0, 0.1) is 10.7 Å². The van der Waals surface area contributed by atoms with Crippen LogP contribution in [-0.2, 0) is 7.05 Å². The van der Waals surface area contributed by atoms with Crippen LogP contribution in [0.5, 0.6) is 0 Å². The zero-order valence-electron chi connectivity index (χ0n) is 12.8. The van der Waals surface area contributed by atoms with Crippen LogP contribution in [0.2, 0.25) is 5.02 Å². The van der Waals surface area contributed by atoms with Gasteiger partial charge in [-0.15, -0.1) is 0 Å². The van der Waals surface area contributed by atoms with Crippen molar-refractivity contribution in [2.75, 3.05) is 0 Å². The highest BCUT2D eigenvalue weighted by atomic mass is 35.5. The second kappa shape index (κ2) is 7.07. The Kier molecular flexibility index (Phi) is 5.37. The third-order valence-electron chi connectivity index (χ3n) is 3.34. The minimum absolute atomic E-state index is 0.156. The van der Waals surface area contributed by atoms with Gasteiger partial charge < -0.3 is 9.88 Å². The van der Waals surface area contributed by atoms with Gasteiger partial charge in [-0.1, -0.05) is 25.4 Å². The van der Waals surface area contributed by atoms with E-state index in [0.29, 0.717) is 21.3 Å². The number of nitrogens with one attached hydrogen (secondary N) is 2. The molecule has 0 unspecified atom stereocenters. The topological polar surface area (TPSA) is 62.7 Å². The molecular formula is C15H19ClN4OS. The quantitative estimate of drug-likeness (QED) is 0.818. The van der Waals surface area contributed by atoms with Crippen LogP contribution in [0.25, 0.3) is 0 Å². The molecule has 0 bridgehead atoms. The number of carbonyl (C=O) groups excluding carboxylic acids is 1. The van der Waals surface area contributed by atoms with E-state index in [1.54, 1.807) is 28.8 Å². The Balaban J connectivity index is 2.23. The van der Waals surface area contributed by atoms with Crippen molar-refractivity contribution in [1.29, 1.82) is 0 Å². The molecule has 2 N–H and O–H groups in total. The van der Waals surface area contributed by atoms with E-state index in [1.807, 2.05) is 7.05 Å². The summed E-state index contributed by atoms with van der Waals surface area (Å²) in [5.74, 6) is 0.970. The van der Waals surface area contributed by atoms with Gasteiger partial charge >= 0.3 is 0 Å². The molecular weight excluding hydrogens is 320 g/mol. The average molecular weight is 339 g/mol. The van der Waals surface area contributed by atoms with Crippen LogP contribution in [0.4, 0.5) is 0 Å². The molecule has 0 aliphatic carbocycles. The first-order chi connectivity index (χ1) is 10.4. The van der Waals surface area contributed by atoms with Crippen LogP contribution in [0.15, 0.2) is 24.3 Å². The number of carbonyl (C=O) groups is 1. The number of benzene rings is 1. The molecule has 1 aromatic carbocycles. The summed E-state index contributed by atoms with van der Waals surface area (Å²) >= 11 is 11.0. The van der Waals surface area contributed by atoms with Crippen LogP contribution >= 0.6 is 23.8 Å². The van der Waals surface area contributed by atoms with Gasteiger partial charge in [-0.05, 0) is 48.8 Å². The number of aromatic amines is 1. The van der Waals surface area contributed by atoms with Crippen molar-refractivity contribution in [2.45, 2.75) is 26.3 Å². The number of hydrogen-bond acceptors (Lipinski definition) is 3. The zero-order chi connectivity index (χ0) is 16.3. The Morgan fingerprint density at radius 3 is 2.55 bits per heavy atom. The smallest absolute Gasteiger partial charge is 0.251 e. The van der Waals surface area contributed by atoms with Crippen LogP contribution < -0.4 is 5.32 Å². The summed E-state index contributed by atoms with van der Waals surface area (Å²) in [6.45, 7) is 4.20. The molecule has 0 aliphatic heterocycles. The van der Waals surface area contributed by atoms with Gasteiger partial charge in [0.05, 0.1) is 6.04 Å². The minimum Gasteiger partial charge on any atom is -0.342 e. The molecule has 118 valence electrons. The first kappa shape index (κ1) is 16.7. The lowest BCUT2D eigenvalue weighted by Gasteiger charge is -2.20. The summed E-state index contributed by atoms with van der Waals surface area (Å²) in [6.07, 6.45) is 0.771. The number of rotatable bonds is 5. The maximum atomic E-state index is 12.4. The Morgan fingerprint density at radius 2 is 2.05 bits per heavy atom. The van der Waals surface area contributed by atoms with Gasteiger partial charge in [0.2, 0.25) is 0 Å². The lowest BCUT2D eigenvalue weighted by molar-refractivity contribution is 0.0929. The van der Waals surface area contributed by atoms with E-state index in [-0.39, 0.29) is 11.9 Å². The van der Waals surface area contributed by atoms with E-state index in [2.05, 4.69) is 29.4 Å². The number of amides is 1. The van der Waals surface area contributed by atoms with Gasteiger partial charge in [-0.2, -0.15) is 5.10 Å². The van der Waals surface area contributed by atoms with E-state index in [1.165, 1.54) is 0 Å². The molecule has 7 heteroatoms. The van der Waals surface area contributed by atoms with Crippen molar-refractivity contribution < 1.29 is 4.79 Å². The number of nitrogens with zero attached hydrogens (tertiary/aromatic N) is 2. The average Bonchev–Trinajstić information content (AvgIpc) is 2.78. The molecule has 0 spiro atoms. The monoisotopic (exact) mass is 338 g/mol. The first-order valence-electron chi connectivity index (χ1n) is 7.06. The summed E-state index contributed by atoms with van der Waals surface area (Å²) in [6, 6.07) is 6.59. The molecule has 0 radical (unpaired) electrons. The van der Waals surface area contributed by atoms with Crippen molar-refractivity contribution in [1.82, 2.24) is 20.1 Å². The van der Waals surface area contributed by atoms with Crippen molar-refractivity contribution in [3.8, 4) is 0 Å². The molecule has 1 aromatic heterocycles. The summed E-state index contributed by atoms with van der Waals surface area (Å²) in [7, 11) is 1.84. The van der Waals surface area contributed by atoms with Crippen LogP contribution in [-0.4, -0.2) is 20.7 Å². The third kappa shape index (κ3) is 3.96. The van der Waals surface area contributed by atoms with Crippen molar-refractivity contribution in [3.05, 3.63) is 45.4 Å². The van der Waals surface area contributed by atoms with E-state index in [4.69, 9.17) is 23.8 Å². The molecule has 22 heavy (non-hydrogen) atoms. The second-order valence-corrected chi connectivity index (χ2v) is 6.43. The number of halogens is 1. The Bertz CT molecular complexity index is 705. The van der Waals surface area contributed by atoms with Gasteiger partial charge in [0.1, 0.15) is 0 Å². The Labute approximate surface area is 139 Å². The molecule has 1 amide bonds. The lowest BCUT2D eigenvalue weighted by Crippen LogP contribution is -2.31. The highest BCUT2D eigenvalue weighted by molar-refractivity contribution is 7.71. The second-order valence-electron chi connectivity index (χ2n) is 5.61. The van der Waals surface area contributed by atoms with Gasteiger partial charge in [0.15, 0.2) is 10.6 Å².